The largest absolute Gasteiger partial charge is 0.433 e. The maximum absolute atomic E-state index is 10.9. The van der Waals surface area contributed by atoms with Crippen molar-refractivity contribution in [2.45, 2.75) is 13.8 Å². The zero-order valence-corrected chi connectivity index (χ0v) is 10.9. The Labute approximate surface area is 109 Å². The van der Waals surface area contributed by atoms with Crippen LogP contribution in [0.2, 0.25) is 0 Å². The molecule has 7 heteroatoms. The minimum absolute atomic E-state index is 0.107. The molecular formula is C12H14N4O3. The van der Waals surface area contributed by atoms with E-state index in [4.69, 9.17) is 10.5 Å². The van der Waals surface area contributed by atoms with Gasteiger partial charge in [0.05, 0.1) is 0 Å². The number of ether oxygens (including phenoxy) is 1. The van der Waals surface area contributed by atoms with Gasteiger partial charge < -0.3 is 20.6 Å². The number of rotatable bonds is 3. The van der Waals surface area contributed by atoms with Crippen molar-refractivity contribution in [2.75, 3.05) is 5.73 Å². The smallest absolute Gasteiger partial charge is 0.427 e. The molecule has 1 aromatic carbocycles. The van der Waals surface area contributed by atoms with Crippen molar-refractivity contribution in [3.63, 3.8) is 0 Å². The number of nitrogen functional groups attached to an aromatic ring is 1. The number of benzene rings is 1. The second-order valence-corrected chi connectivity index (χ2v) is 4.23. The van der Waals surface area contributed by atoms with Crippen molar-refractivity contribution in [1.29, 1.82) is 0 Å². The van der Waals surface area contributed by atoms with Gasteiger partial charge in [0.2, 0.25) is 5.82 Å². The number of imidazole rings is 1. The van der Waals surface area contributed by atoms with Crippen LogP contribution in [-0.2, 0) is 7.05 Å². The van der Waals surface area contributed by atoms with Crippen molar-refractivity contribution in [2.24, 2.45) is 7.05 Å². The van der Waals surface area contributed by atoms with Crippen molar-refractivity contribution >= 4 is 11.5 Å². The van der Waals surface area contributed by atoms with Gasteiger partial charge in [0.15, 0.2) is 0 Å². The second-order valence-electron chi connectivity index (χ2n) is 4.23. The number of aryl methyl sites for hydroxylation is 2. The van der Waals surface area contributed by atoms with Gasteiger partial charge >= 0.3 is 11.7 Å². The molecule has 1 aromatic heterocycles. The molecule has 0 aliphatic heterocycles. The Balaban J connectivity index is 2.46. The third kappa shape index (κ3) is 2.35. The van der Waals surface area contributed by atoms with E-state index in [1.165, 1.54) is 4.57 Å². The number of hydrogen-bond donors (Lipinski definition) is 1. The fourth-order valence-electron chi connectivity index (χ4n) is 1.70. The average Bonchev–Trinajstić information content (AvgIpc) is 2.61. The Bertz CT molecular complexity index is 649. The lowest BCUT2D eigenvalue weighted by Crippen LogP contribution is -1.99. The molecule has 100 valence electrons. The third-order valence-electron chi connectivity index (χ3n) is 2.83. The van der Waals surface area contributed by atoms with Crippen molar-refractivity contribution in [3.05, 3.63) is 39.7 Å². The summed E-state index contributed by atoms with van der Waals surface area (Å²) in [6, 6.07) is 5.10. The Morgan fingerprint density at radius 2 is 2.11 bits per heavy atom. The van der Waals surface area contributed by atoms with Gasteiger partial charge in [-0.25, -0.2) is 0 Å². The molecule has 0 fully saturated rings. The normalized spacial score (nSPS) is 10.5. The van der Waals surface area contributed by atoms with Gasteiger partial charge in [-0.1, -0.05) is 0 Å². The van der Waals surface area contributed by atoms with Gasteiger partial charge in [-0.3, -0.25) is 4.57 Å². The molecule has 1 heterocycles. The fourth-order valence-corrected chi connectivity index (χ4v) is 1.70. The number of aromatic nitrogens is 2. The average molecular weight is 262 g/mol. The van der Waals surface area contributed by atoms with Crippen LogP contribution in [0.25, 0.3) is 0 Å². The highest BCUT2D eigenvalue weighted by atomic mass is 16.6. The summed E-state index contributed by atoms with van der Waals surface area (Å²) in [5, 5.41) is 10.9. The van der Waals surface area contributed by atoms with Crippen molar-refractivity contribution in [1.82, 2.24) is 9.55 Å². The lowest BCUT2D eigenvalue weighted by molar-refractivity contribution is -0.390. The quantitative estimate of drug-likeness (QED) is 0.520. The molecule has 0 aliphatic carbocycles. The van der Waals surface area contributed by atoms with Gasteiger partial charge in [0, 0.05) is 19.7 Å². The molecular weight excluding hydrogens is 248 g/mol. The summed E-state index contributed by atoms with van der Waals surface area (Å²) in [5.41, 5.74) is 7.06. The maximum Gasteiger partial charge on any atom is 0.427 e. The monoisotopic (exact) mass is 262 g/mol. The van der Waals surface area contributed by atoms with Crippen LogP contribution in [-0.4, -0.2) is 14.5 Å². The minimum atomic E-state index is -0.561. The molecule has 0 amide bonds. The standard InChI is InChI=1S/C12H14N4O3/c1-7-6-9(13)4-5-10(7)19-12-11(16(17)18)14-8(2)15(12)3/h4-6H,13H2,1-3H3. The van der Waals surface area contributed by atoms with Gasteiger partial charge in [0.1, 0.15) is 5.75 Å². The molecule has 0 atom stereocenters. The van der Waals surface area contributed by atoms with Crippen LogP contribution in [0.4, 0.5) is 11.5 Å². The van der Waals surface area contributed by atoms with Crippen LogP contribution in [0.15, 0.2) is 18.2 Å². The zero-order chi connectivity index (χ0) is 14.2. The maximum atomic E-state index is 10.9. The molecule has 2 aromatic rings. The van der Waals surface area contributed by atoms with E-state index in [2.05, 4.69) is 4.98 Å². The highest BCUT2D eigenvalue weighted by Gasteiger charge is 2.26. The van der Waals surface area contributed by atoms with E-state index in [0.29, 0.717) is 17.3 Å². The van der Waals surface area contributed by atoms with Crippen LogP contribution in [0, 0.1) is 24.0 Å². The molecule has 0 bridgehead atoms. The number of hydrogen-bond acceptors (Lipinski definition) is 5. The van der Waals surface area contributed by atoms with E-state index >= 15 is 0 Å². The predicted octanol–water partition coefficient (Wildman–Crippen LogP) is 2.32. The fraction of sp³-hybridized carbons (Fsp3) is 0.250. The van der Waals surface area contributed by atoms with Crippen LogP contribution in [0.3, 0.4) is 0 Å². The first kappa shape index (κ1) is 12.9. The Morgan fingerprint density at radius 3 is 2.68 bits per heavy atom. The summed E-state index contributed by atoms with van der Waals surface area (Å²) in [6.45, 7) is 3.50. The summed E-state index contributed by atoms with van der Waals surface area (Å²) in [7, 11) is 1.66. The molecule has 19 heavy (non-hydrogen) atoms. The van der Waals surface area contributed by atoms with E-state index in [9.17, 15) is 10.1 Å². The highest BCUT2D eigenvalue weighted by Crippen LogP contribution is 2.33. The Hall–Kier alpha value is -2.57. The van der Waals surface area contributed by atoms with E-state index in [-0.39, 0.29) is 11.7 Å². The summed E-state index contributed by atoms with van der Waals surface area (Å²) in [5.74, 6) is 0.835. The first-order chi connectivity index (χ1) is 8.90. The number of nitro groups is 1. The summed E-state index contributed by atoms with van der Waals surface area (Å²) < 4.78 is 7.15. The summed E-state index contributed by atoms with van der Waals surface area (Å²) in [6.07, 6.45) is 0. The van der Waals surface area contributed by atoms with Crippen molar-refractivity contribution < 1.29 is 9.66 Å². The van der Waals surface area contributed by atoms with Crippen LogP contribution in [0.5, 0.6) is 11.6 Å². The van der Waals surface area contributed by atoms with Gasteiger partial charge in [-0.2, -0.15) is 0 Å². The molecule has 2 N–H and O–H groups in total. The molecule has 0 saturated heterocycles. The van der Waals surface area contributed by atoms with Gasteiger partial charge in [-0.15, -0.1) is 0 Å². The molecule has 2 rings (SSSR count). The lowest BCUT2D eigenvalue weighted by Gasteiger charge is -2.08. The SMILES string of the molecule is Cc1cc(N)ccc1Oc1c([N+](=O)[O-])nc(C)n1C. The number of nitrogens with two attached hydrogens (primary N) is 1. The van der Waals surface area contributed by atoms with Gasteiger partial charge in [0.25, 0.3) is 0 Å². The van der Waals surface area contributed by atoms with E-state index < -0.39 is 4.92 Å². The van der Waals surface area contributed by atoms with Crippen LogP contribution >= 0.6 is 0 Å². The Kier molecular flexibility index (Phi) is 3.12. The predicted molar refractivity (Wildman–Crippen MR) is 70.3 cm³/mol. The minimum Gasteiger partial charge on any atom is -0.433 e. The highest BCUT2D eigenvalue weighted by molar-refractivity contribution is 5.49. The molecule has 0 aliphatic rings. The van der Waals surface area contributed by atoms with E-state index in [1.807, 2.05) is 6.92 Å². The Morgan fingerprint density at radius 1 is 1.42 bits per heavy atom. The number of anilines is 1. The van der Waals surface area contributed by atoms with E-state index in [1.54, 1.807) is 32.2 Å². The van der Waals surface area contributed by atoms with Crippen LogP contribution < -0.4 is 10.5 Å². The molecule has 0 spiro atoms. The molecule has 0 radical (unpaired) electrons. The third-order valence-corrected chi connectivity index (χ3v) is 2.83. The second kappa shape index (κ2) is 4.60. The number of nitrogens with zero attached hydrogens (tertiary/aromatic N) is 3. The molecule has 7 nitrogen and oxygen atoms in total. The van der Waals surface area contributed by atoms with E-state index in [0.717, 1.165) is 5.56 Å². The lowest BCUT2D eigenvalue weighted by atomic mass is 10.2. The zero-order valence-electron chi connectivity index (χ0n) is 10.9. The van der Waals surface area contributed by atoms with Crippen LogP contribution in [0.1, 0.15) is 11.4 Å². The summed E-state index contributed by atoms with van der Waals surface area (Å²) >= 11 is 0. The topological polar surface area (TPSA) is 96.2 Å². The summed E-state index contributed by atoms with van der Waals surface area (Å²) in [4.78, 5) is 14.3. The first-order valence-corrected chi connectivity index (χ1v) is 5.62. The van der Waals surface area contributed by atoms with Gasteiger partial charge in [-0.05, 0) is 40.6 Å². The van der Waals surface area contributed by atoms with Crippen molar-refractivity contribution in [3.8, 4) is 11.6 Å². The molecule has 0 saturated carbocycles. The first-order valence-electron chi connectivity index (χ1n) is 5.62. The molecule has 0 unspecified atom stereocenters.